The Kier molecular flexibility index (Phi) is 4.41. The van der Waals surface area contributed by atoms with Crippen molar-refractivity contribution in [1.82, 2.24) is 4.98 Å². The Morgan fingerprint density at radius 1 is 1.36 bits per heavy atom. The molecule has 1 rings (SSSR count). The number of halogens is 3. The summed E-state index contributed by atoms with van der Waals surface area (Å²) in [5.74, 6) is -0.0954. The van der Waals surface area contributed by atoms with E-state index in [0.717, 1.165) is 0 Å². The predicted molar refractivity (Wildman–Crippen MR) is 55.9 cm³/mol. The first kappa shape index (κ1) is 12.0. The summed E-state index contributed by atoms with van der Waals surface area (Å²) in [5.41, 5.74) is 0.171. The van der Waals surface area contributed by atoms with E-state index < -0.39 is 12.2 Å². The lowest BCUT2D eigenvalue weighted by molar-refractivity contribution is 0.0301. The molecule has 1 aromatic rings. The number of aromatic nitrogens is 1. The minimum atomic E-state index is -1.20. The Morgan fingerprint density at radius 2 is 2.00 bits per heavy atom. The highest BCUT2D eigenvalue weighted by atomic mass is 35.5. The van der Waals surface area contributed by atoms with Crippen LogP contribution in [0.15, 0.2) is 12.3 Å². The molecule has 2 atom stereocenters. The van der Waals surface area contributed by atoms with E-state index in [9.17, 15) is 10.2 Å². The molecule has 0 spiro atoms. The zero-order valence-corrected chi connectivity index (χ0v) is 9.26. The van der Waals surface area contributed by atoms with Crippen LogP contribution in [0.4, 0.5) is 0 Å². The molecule has 1 heterocycles. The van der Waals surface area contributed by atoms with Crippen molar-refractivity contribution in [3.8, 4) is 0 Å². The van der Waals surface area contributed by atoms with Gasteiger partial charge in [-0.1, -0.05) is 23.2 Å². The number of alkyl halides is 1. The monoisotopic (exact) mass is 255 g/mol. The van der Waals surface area contributed by atoms with Crippen LogP contribution in [0.3, 0.4) is 0 Å². The molecule has 0 saturated carbocycles. The van der Waals surface area contributed by atoms with Crippen LogP contribution in [-0.4, -0.2) is 27.2 Å². The Bertz CT molecular complexity index is 321. The largest absolute Gasteiger partial charge is 0.389 e. The van der Waals surface area contributed by atoms with Crippen LogP contribution in [0.25, 0.3) is 0 Å². The van der Waals surface area contributed by atoms with Gasteiger partial charge >= 0.3 is 0 Å². The van der Waals surface area contributed by atoms with E-state index in [2.05, 4.69) is 4.98 Å². The highest BCUT2D eigenvalue weighted by molar-refractivity contribution is 6.34. The number of hydrogen-bond donors (Lipinski definition) is 2. The Morgan fingerprint density at radius 3 is 2.50 bits per heavy atom. The van der Waals surface area contributed by atoms with Crippen molar-refractivity contribution >= 4 is 34.8 Å². The van der Waals surface area contributed by atoms with E-state index in [-0.39, 0.29) is 16.6 Å². The van der Waals surface area contributed by atoms with Crippen molar-refractivity contribution in [2.45, 2.75) is 12.2 Å². The van der Waals surface area contributed by atoms with E-state index in [1.165, 1.54) is 12.3 Å². The maximum absolute atomic E-state index is 9.54. The van der Waals surface area contributed by atoms with Gasteiger partial charge in [0.05, 0.1) is 27.7 Å². The highest BCUT2D eigenvalue weighted by Crippen LogP contribution is 2.25. The van der Waals surface area contributed by atoms with Gasteiger partial charge in [-0.25, -0.2) is 0 Å². The standard InChI is InChI=1S/C8H8Cl3NO2/c9-2-6(13)8(14)7-5(11)1-4(10)3-12-7/h1,3,6,8,13-14H,2H2. The molecule has 0 aromatic carbocycles. The van der Waals surface area contributed by atoms with Crippen molar-refractivity contribution in [3.63, 3.8) is 0 Å². The van der Waals surface area contributed by atoms with Crippen LogP contribution >= 0.6 is 34.8 Å². The average molecular weight is 257 g/mol. The van der Waals surface area contributed by atoms with Crippen LogP contribution in [-0.2, 0) is 0 Å². The zero-order valence-electron chi connectivity index (χ0n) is 6.99. The fourth-order valence-electron chi connectivity index (χ4n) is 0.909. The Hall–Kier alpha value is -0.0600. The minimum absolute atomic E-state index is 0.0954. The Balaban J connectivity index is 2.95. The number of aliphatic hydroxyl groups is 2. The smallest absolute Gasteiger partial charge is 0.124 e. The molecular formula is C8H8Cl3NO2. The van der Waals surface area contributed by atoms with Crippen LogP contribution in [0, 0.1) is 0 Å². The van der Waals surface area contributed by atoms with Crippen LogP contribution in [0.5, 0.6) is 0 Å². The lowest BCUT2D eigenvalue weighted by Crippen LogP contribution is -2.21. The maximum atomic E-state index is 9.54. The van der Waals surface area contributed by atoms with Crippen LogP contribution in [0.2, 0.25) is 10.0 Å². The molecule has 0 amide bonds. The second kappa shape index (κ2) is 5.14. The molecule has 0 fully saturated rings. The van der Waals surface area contributed by atoms with E-state index in [0.29, 0.717) is 5.02 Å². The molecule has 2 N–H and O–H groups in total. The van der Waals surface area contributed by atoms with Gasteiger partial charge < -0.3 is 10.2 Å². The minimum Gasteiger partial charge on any atom is -0.389 e. The van der Waals surface area contributed by atoms with E-state index in [1.54, 1.807) is 0 Å². The topological polar surface area (TPSA) is 53.4 Å². The van der Waals surface area contributed by atoms with Gasteiger partial charge in [-0.05, 0) is 6.07 Å². The third-order valence-corrected chi connectivity index (χ3v) is 2.46. The molecule has 0 aliphatic carbocycles. The number of aliphatic hydroxyl groups excluding tert-OH is 2. The second-order valence-corrected chi connectivity index (χ2v) is 3.84. The van der Waals surface area contributed by atoms with Gasteiger partial charge in [0.25, 0.3) is 0 Å². The molecule has 0 aliphatic heterocycles. The molecule has 1 aromatic heterocycles. The summed E-state index contributed by atoms with van der Waals surface area (Å²) in [4.78, 5) is 3.81. The molecule has 0 bridgehead atoms. The normalized spacial score (nSPS) is 15.2. The molecule has 0 aliphatic rings. The molecule has 6 heteroatoms. The first-order valence-electron chi connectivity index (χ1n) is 3.79. The molecule has 2 unspecified atom stereocenters. The van der Waals surface area contributed by atoms with Crippen molar-refractivity contribution in [2.75, 3.05) is 5.88 Å². The summed E-state index contributed by atoms with van der Waals surface area (Å²) < 4.78 is 0. The van der Waals surface area contributed by atoms with Gasteiger partial charge in [-0.3, -0.25) is 4.98 Å². The fourth-order valence-corrected chi connectivity index (χ4v) is 1.57. The SMILES string of the molecule is OC(CCl)C(O)c1ncc(Cl)cc1Cl. The summed E-state index contributed by atoms with van der Waals surface area (Å²) in [5, 5.41) is 19.4. The number of rotatable bonds is 3. The van der Waals surface area contributed by atoms with E-state index in [4.69, 9.17) is 34.8 Å². The molecule has 14 heavy (non-hydrogen) atoms. The number of nitrogens with zero attached hydrogens (tertiary/aromatic N) is 1. The first-order chi connectivity index (χ1) is 6.56. The summed E-state index contributed by atoms with van der Waals surface area (Å²) in [7, 11) is 0. The summed E-state index contributed by atoms with van der Waals surface area (Å²) in [6, 6.07) is 1.44. The molecular weight excluding hydrogens is 248 g/mol. The van der Waals surface area contributed by atoms with Gasteiger partial charge in [0.1, 0.15) is 6.10 Å². The van der Waals surface area contributed by atoms with Crippen molar-refractivity contribution in [1.29, 1.82) is 0 Å². The molecule has 3 nitrogen and oxygen atoms in total. The van der Waals surface area contributed by atoms with Gasteiger partial charge in [-0.2, -0.15) is 0 Å². The summed E-state index contributed by atoms with van der Waals surface area (Å²) >= 11 is 16.8. The lowest BCUT2D eigenvalue weighted by Gasteiger charge is -2.15. The number of hydrogen-bond acceptors (Lipinski definition) is 3. The van der Waals surface area contributed by atoms with Gasteiger partial charge in [-0.15, -0.1) is 11.6 Å². The average Bonchev–Trinajstić information content (AvgIpc) is 2.15. The molecule has 0 saturated heterocycles. The van der Waals surface area contributed by atoms with Gasteiger partial charge in [0, 0.05) is 6.20 Å². The van der Waals surface area contributed by atoms with Gasteiger partial charge in [0.2, 0.25) is 0 Å². The van der Waals surface area contributed by atoms with Crippen LogP contribution < -0.4 is 0 Å². The second-order valence-electron chi connectivity index (χ2n) is 2.69. The quantitative estimate of drug-likeness (QED) is 0.814. The van der Waals surface area contributed by atoms with Gasteiger partial charge in [0.15, 0.2) is 0 Å². The molecule has 78 valence electrons. The number of pyridine rings is 1. The predicted octanol–water partition coefficient (Wildman–Crippen LogP) is 2.02. The van der Waals surface area contributed by atoms with E-state index >= 15 is 0 Å². The Labute approximate surface area is 96.2 Å². The third kappa shape index (κ3) is 2.72. The first-order valence-corrected chi connectivity index (χ1v) is 5.08. The summed E-state index contributed by atoms with van der Waals surface area (Å²) in [6.07, 6.45) is -0.951. The van der Waals surface area contributed by atoms with Crippen molar-refractivity contribution in [3.05, 3.63) is 28.0 Å². The zero-order chi connectivity index (χ0) is 10.7. The molecule has 0 radical (unpaired) electrons. The van der Waals surface area contributed by atoms with Crippen molar-refractivity contribution in [2.24, 2.45) is 0 Å². The van der Waals surface area contributed by atoms with Crippen molar-refractivity contribution < 1.29 is 10.2 Å². The third-order valence-electron chi connectivity index (χ3n) is 1.64. The summed E-state index contributed by atoms with van der Waals surface area (Å²) in [6.45, 7) is 0. The lowest BCUT2D eigenvalue weighted by atomic mass is 10.1. The van der Waals surface area contributed by atoms with E-state index in [1.807, 2.05) is 0 Å². The van der Waals surface area contributed by atoms with Crippen LogP contribution in [0.1, 0.15) is 11.8 Å². The maximum Gasteiger partial charge on any atom is 0.124 e. The fraction of sp³-hybridized carbons (Fsp3) is 0.375. The highest BCUT2D eigenvalue weighted by Gasteiger charge is 2.21.